The van der Waals surface area contributed by atoms with Gasteiger partial charge in [-0.3, -0.25) is 4.79 Å². The van der Waals surface area contributed by atoms with Gasteiger partial charge in [-0.1, -0.05) is 18.2 Å². The third-order valence-corrected chi connectivity index (χ3v) is 2.92. The monoisotopic (exact) mass is 265 g/mol. The number of aliphatic hydroxyl groups excluding tert-OH is 1. The van der Waals surface area contributed by atoms with Crippen molar-refractivity contribution in [2.45, 2.75) is 45.3 Å². The first kappa shape index (κ1) is 15.5. The number of para-hydroxylation sites is 1. The van der Waals surface area contributed by atoms with Crippen LogP contribution in [0.5, 0.6) is 5.75 Å². The molecular weight excluding hydrogens is 242 g/mol. The fraction of sp³-hybridized carbons (Fsp3) is 0.533. The summed E-state index contributed by atoms with van der Waals surface area (Å²) in [5.74, 6) is 0.811. The number of rotatable bonds is 7. The number of ether oxygens (including phenoxy) is 1. The number of carbonyl (C=O) groups is 1. The van der Waals surface area contributed by atoms with Crippen LogP contribution in [0.3, 0.4) is 0 Å². The highest BCUT2D eigenvalue weighted by atomic mass is 16.5. The average molecular weight is 265 g/mol. The van der Waals surface area contributed by atoms with Crippen molar-refractivity contribution in [3.8, 4) is 5.75 Å². The molecule has 1 aromatic rings. The van der Waals surface area contributed by atoms with E-state index in [4.69, 9.17) is 4.74 Å². The Labute approximate surface area is 114 Å². The van der Waals surface area contributed by atoms with Crippen LogP contribution < -0.4 is 10.1 Å². The van der Waals surface area contributed by atoms with Gasteiger partial charge in [0.2, 0.25) is 5.91 Å². The van der Waals surface area contributed by atoms with Crippen molar-refractivity contribution < 1.29 is 14.6 Å². The molecule has 0 aliphatic carbocycles. The van der Waals surface area contributed by atoms with Gasteiger partial charge in [-0.15, -0.1) is 0 Å². The lowest BCUT2D eigenvalue weighted by Gasteiger charge is -2.15. The number of aryl methyl sites for hydroxylation is 1. The quantitative estimate of drug-likeness (QED) is 0.791. The number of carbonyl (C=O) groups excluding carboxylic acids is 1. The van der Waals surface area contributed by atoms with Gasteiger partial charge in [-0.2, -0.15) is 0 Å². The lowest BCUT2D eigenvalue weighted by Crippen LogP contribution is -2.34. The van der Waals surface area contributed by atoms with Crippen LogP contribution in [-0.4, -0.2) is 30.3 Å². The SMILES string of the molecule is COc1ccccc1CCC(=O)NC(C)CC(C)O. The molecule has 19 heavy (non-hydrogen) atoms. The number of methoxy groups -OCH3 is 1. The molecule has 0 saturated heterocycles. The molecule has 4 heteroatoms. The van der Waals surface area contributed by atoms with Gasteiger partial charge in [-0.05, 0) is 38.3 Å². The summed E-state index contributed by atoms with van der Waals surface area (Å²) in [6, 6.07) is 7.69. The van der Waals surface area contributed by atoms with Gasteiger partial charge in [-0.25, -0.2) is 0 Å². The maximum absolute atomic E-state index is 11.8. The lowest BCUT2D eigenvalue weighted by atomic mass is 10.1. The first-order chi connectivity index (χ1) is 9.02. The van der Waals surface area contributed by atoms with Crippen LogP contribution in [0.2, 0.25) is 0 Å². The highest BCUT2D eigenvalue weighted by Gasteiger charge is 2.10. The minimum absolute atomic E-state index is 0.000874. The van der Waals surface area contributed by atoms with Gasteiger partial charge in [0.05, 0.1) is 13.2 Å². The molecule has 4 nitrogen and oxygen atoms in total. The smallest absolute Gasteiger partial charge is 0.220 e. The van der Waals surface area contributed by atoms with Gasteiger partial charge >= 0.3 is 0 Å². The Morgan fingerprint density at radius 3 is 2.68 bits per heavy atom. The second kappa shape index (κ2) is 7.79. The molecule has 0 fully saturated rings. The van der Waals surface area contributed by atoms with Gasteiger partial charge in [0.15, 0.2) is 0 Å². The normalized spacial score (nSPS) is 13.7. The number of benzene rings is 1. The van der Waals surface area contributed by atoms with E-state index in [1.807, 2.05) is 31.2 Å². The molecule has 0 saturated carbocycles. The molecule has 0 heterocycles. The van der Waals surface area contributed by atoms with E-state index >= 15 is 0 Å². The molecule has 1 amide bonds. The average Bonchev–Trinajstić information content (AvgIpc) is 2.35. The molecule has 0 aromatic heterocycles. The first-order valence-corrected chi connectivity index (χ1v) is 6.62. The maximum atomic E-state index is 11.8. The van der Waals surface area contributed by atoms with Gasteiger partial charge in [0.25, 0.3) is 0 Å². The molecule has 0 aliphatic heterocycles. The molecule has 0 aliphatic rings. The highest BCUT2D eigenvalue weighted by Crippen LogP contribution is 2.18. The predicted molar refractivity (Wildman–Crippen MR) is 75.2 cm³/mol. The molecule has 0 spiro atoms. The van der Waals surface area contributed by atoms with Crippen LogP contribution >= 0.6 is 0 Å². The second-order valence-electron chi connectivity index (χ2n) is 4.87. The van der Waals surface area contributed by atoms with Crippen LogP contribution in [0.4, 0.5) is 0 Å². The van der Waals surface area contributed by atoms with Gasteiger partial charge in [0.1, 0.15) is 5.75 Å². The van der Waals surface area contributed by atoms with Crippen molar-refractivity contribution in [2.24, 2.45) is 0 Å². The fourth-order valence-electron chi connectivity index (χ4n) is 2.08. The van der Waals surface area contributed by atoms with Crippen LogP contribution in [0, 0.1) is 0 Å². The van der Waals surface area contributed by atoms with E-state index in [0.717, 1.165) is 11.3 Å². The Hall–Kier alpha value is -1.55. The topological polar surface area (TPSA) is 58.6 Å². The summed E-state index contributed by atoms with van der Waals surface area (Å²) in [7, 11) is 1.63. The molecule has 0 bridgehead atoms. The van der Waals surface area contributed by atoms with E-state index in [2.05, 4.69) is 5.32 Å². The summed E-state index contributed by atoms with van der Waals surface area (Å²) in [6.07, 6.45) is 1.24. The van der Waals surface area contributed by atoms with Crippen molar-refractivity contribution in [2.75, 3.05) is 7.11 Å². The van der Waals surface area contributed by atoms with E-state index in [1.165, 1.54) is 0 Å². The first-order valence-electron chi connectivity index (χ1n) is 6.62. The summed E-state index contributed by atoms with van der Waals surface area (Å²) in [6.45, 7) is 3.62. The number of hydrogen-bond acceptors (Lipinski definition) is 3. The van der Waals surface area contributed by atoms with Crippen LogP contribution in [0.25, 0.3) is 0 Å². The molecule has 0 radical (unpaired) electrons. The lowest BCUT2D eigenvalue weighted by molar-refractivity contribution is -0.121. The van der Waals surface area contributed by atoms with Crippen molar-refractivity contribution in [1.29, 1.82) is 0 Å². The summed E-state index contributed by atoms with van der Waals surface area (Å²) in [5, 5.41) is 12.1. The third kappa shape index (κ3) is 5.75. The van der Waals surface area contributed by atoms with Gasteiger partial charge < -0.3 is 15.2 Å². The summed E-state index contributed by atoms with van der Waals surface area (Å²) in [5.41, 5.74) is 1.03. The third-order valence-electron chi connectivity index (χ3n) is 2.92. The summed E-state index contributed by atoms with van der Waals surface area (Å²) >= 11 is 0. The van der Waals surface area contributed by atoms with Crippen molar-refractivity contribution >= 4 is 5.91 Å². The molecule has 2 unspecified atom stereocenters. The van der Waals surface area contributed by atoms with Gasteiger partial charge in [0, 0.05) is 12.5 Å². The molecular formula is C15H23NO3. The van der Waals surface area contributed by atoms with E-state index in [1.54, 1.807) is 14.0 Å². The number of hydrogen-bond donors (Lipinski definition) is 2. The number of amides is 1. The Kier molecular flexibility index (Phi) is 6.36. The maximum Gasteiger partial charge on any atom is 0.220 e. The van der Waals surface area contributed by atoms with Crippen molar-refractivity contribution in [3.63, 3.8) is 0 Å². The number of nitrogens with one attached hydrogen (secondary N) is 1. The minimum Gasteiger partial charge on any atom is -0.496 e. The molecule has 106 valence electrons. The van der Waals surface area contributed by atoms with E-state index in [0.29, 0.717) is 19.3 Å². The van der Waals surface area contributed by atoms with E-state index in [9.17, 15) is 9.90 Å². The standard InChI is InChI=1S/C15H23NO3/c1-11(10-12(2)17)16-15(18)9-8-13-6-4-5-7-14(13)19-3/h4-7,11-12,17H,8-10H2,1-3H3,(H,16,18). The van der Waals surface area contributed by atoms with E-state index < -0.39 is 6.10 Å². The van der Waals surface area contributed by atoms with E-state index in [-0.39, 0.29) is 11.9 Å². The number of aliphatic hydroxyl groups is 1. The highest BCUT2D eigenvalue weighted by molar-refractivity contribution is 5.76. The van der Waals surface area contributed by atoms with Crippen molar-refractivity contribution in [1.82, 2.24) is 5.32 Å². The zero-order valence-corrected chi connectivity index (χ0v) is 11.8. The zero-order chi connectivity index (χ0) is 14.3. The predicted octanol–water partition coefficient (Wildman–Crippen LogP) is 1.90. The molecule has 2 N–H and O–H groups in total. The van der Waals surface area contributed by atoms with Crippen molar-refractivity contribution in [3.05, 3.63) is 29.8 Å². The Morgan fingerprint density at radius 2 is 2.05 bits per heavy atom. The van der Waals surface area contributed by atoms with Crippen LogP contribution in [0.15, 0.2) is 24.3 Å². The fourth-order valence-corrected chi connectivity index (χ4v) is 2.08. The largest absolute Gasteiger partial charge is 0.496 e. The summed E-state index contributed by atoms with van der Waals surface area (Å²) in [4.78, 5) is 11.8. The Balaban J connectivity index is 2.41. The molecule has 2 atom stereocenters. The molecule has 1 aromatic carbocycles. The zero-order valence-electron chi connectivity index (χ0n) is 11.8. The minimum atomic E-state index is -0.399. The Bertz CT molecular complexity index is 404. The molecule has 1 rings (SSSR count). The van der Waals surface area contributed by atoms with Crippen LogP contribution in [-0.2, 0) is 11.2 Å². The van der Waals surface area contributed by atoms with Crippen LogP contribution in [0.1, 0.15) is 32.3 Å². The second-order valence-corrected chi connectivity index (χ2v) is 4.87. The Morgan fingerprint density at radius 1 is 1.37 bits per heavy atom. The summed E-state index contributed by atoms with van der Waals surface area (Å²) < 4.78 is 5.25.